The standard InChI is InChI=1S/C15H31/c1-4-7-10-11-14-15(12-8-5-2)13-9-6-3/h15H,1,4-14H2,2-3H3. The maximum atomic E-state index is 3.90. The maximum Gasteiger partial charge on any atom is -0.0414 e. The summed E-state index contributed by atoms with van der Waals surface area (Å²) in [5, 5.41) is 0. The molecule has 0 nitrogen and oxygen atoms in total. The summed E-state index contributed by atoms with van der Waals surface area (Å²) in [5.41, 5.74) is 0. The minimum atomic E-state index is 1.02. The van der Waals surface area contributed by atoms with Crippen LogP contribution in [-0.2, 0) is 0 Å². The van der Waals surface area contributed by atoms with Crippen molar-refractivity contribution in [3.63, 3.8) is 0 Å². The van der Waals surface area contributed by atoms with Gasteiger partial charge in [-0.05, 0) is 5.92 Å². The Morgan fingerprint density at radius 2 is 1.27 bits per heavy atom. The summed E-state index contributed by atoms with van der Waals surface area (Å²) in [6, 6.07) is 0. The Morgan fingerprint density at radius 3 is 1.73 bits per heavy atom. The van der Waals surface area contributed by atoms with Gasteiger partial charge >= 0.3 is 0 Å². The summed E-state index contributed by atoms with van der Waals surface area (Å²) in [5.74, 6) is 1.02. The van der Waals surface area contributed by atoms with Crippen LogP contribution >= 0.6 is 0 Å². The van der Waals surface area contributed by atoms with Crippen LogP contribution in [0, 0.1) is 12.8 Å². The fourth-order valence-electron chi connectivity index (χ4n) is 2.21. The van der Waals surface area contributed by atoms with Crippen LogP contribution in [0.3, 0.4) is 0 Å². The summed E-state index contributed by atoms with van der Waals surface area (Å²) in [4.78, 5) is 0. The van der Waals surface area contributed by atoms with Crippen LogP contribution in [0.5, 0.6) is 0 Å². The molecule has 0 bridgehead atoms. The van der Waals surface area contributed by atoms with Gasteiger partial charge < -0.3 is 0 Å². The van der Waals surface area contributed by atoms with E-state index in [2.05, 4.69) is 20.8 Å². The molecule has 0 saturated carbocycles. The van der Waals surface area contributed by atoms with E-state index in [4.69, 9.17) is 0 Å². The Balaban J connectivity index is 3.49. The molecule has 0 saturated heterocycles. The lowest BCUT2D eigenvalue weighted by Gasteiger charge is -2.15. The van der Waals surface area contributed by atoms with Crippen molar-refractivity contribution in [2.75, 3.05) is 0 Å². The van der Waals surface area contributed by atoms with E-state index in [9.17, 15) is 0 Å². The largest absolute Gasteiger partial charge is 0.0654 e. The predicted octanol–water partition coefficient (Wildman–Crippen LogP) is 5.77. The van der Waals surface area contributed by atoms with Gasteiger partial charge in [0.15, 0.2) is 0 Å². The van der Waals surface area contributed by atoms with Crippen molar-refractivity contribution in [1.29, 1.82) is 0 Å². The lowest BCUT2D eigenvalue weighted by Crippen LogP contribution is -2.00. The zero-order chi connectivity index (χ0) is 11.4. The van der Waals surface area contributed by atoms with E-state index in [0.717, 1.165) is 12.3 Å². The first-order valence-corrected chi connectivity index (χ1v) is 7.14. The summed E-state index contributed by atoms with van der Waals surface area (Å²) in [7, 11) is 0. The molecular formula is C15H31. The highest BCUT2D eigenvalue weighted by molar-refractivity contribution is 4.60. The molecule has 0 spiro atoms. The normalized spacial score (nSPS) is 11.2. The molecule has 0 N–H and O–H groups in total. The zero-order valence-corrected chi connectivity index (χ0v) is 11.1. The second kappa shape index (κ2) is 12.1. The highest BCUT2D eigenvalue weighted by Crippen LogP contribution is 2.22. The molecular weight excluding hydrogens is 180 g/mol. The Bertz CT molecular complexity index is 98.6. The van der Waals surface area contributed by atoms with Gasteiger partial charge in [-0.15, -0.1) is 0 Å². The third-order valence-corrected chi connectivity index (χ3v) is 3.29. The molecule has 0 fully saturated rings. The summed E-state index contributed by atoms with van der Waals surface area (Å²) in [6.45, 7) is 8.51. The lowest BCUT2D eigenvalue weighted by molar-refractivity contribution is 0.378. The van der Waals surface area contributed by atoms with Gasteiger partial charge in [0.25, 0.3) is 0 Å². The fourth-order valence-corrected chi connectivity index (χ4v) is 2.21. The van der Waals surface area contributed by atoms with Crippen molar-refractivity contribution >= 4 is 0 Å². The van der Waals surface area contributed by atoms with E-state index in [1.54, 1.807) is 0 Å². The number of hydrogen-bond acceptors (Lipinski definition) is 0. The molecule has 1 radical (unpaired) electrons. The van der Waals surface area contributed by atoms with Crippen molar-refractivity contribution in [2.24, 2.45) is 5.92 Å². The lowest BCUT2D eigenvalue weighted by atomic mass is 9.91. The quantitative estimate of drug-likeness (QED) is 0.381. The number of hydrogen-bond donors (Lipinski definition) is 0. The molecule has 0 atom stereocenters. The van der Waals surface area contributed by atoms with E-state index >= 15 is 0 Å². The van der Waals surface area contributed by atoms with Crippen molar-refractivity contribution in [3.05, 3.63) is 6.92 Å². The van der Waals surface area contributed by atoms with Gasteiger partial charge in [0.1, 0.15) is 0 Å². The molecule has 0 aromatic carbocycles. The van der Waals surface area contributed by atoms with Crippen molar-refractivity contribution in [1.82, 2.24) is 0 Å². The molecule has 15 heavy (non-hydrogen) atoms. The Morgan fingerprint density at radius 1 is 0.733 bits per heavy atom. The molecule has 0 aliphatic rings. The third-order valence-electron chi connectivity index (χ3n) is 3.29. The maximum absolute atomic E-state index is 3.90. The van der Waals surface area contributed by atoms with Gasteiger partial charge in [-0.3, -0.25) is 0 Å². The van der Waals surface area contributed by atoms with Gasteiger partial charge in [0.05, 0.1) is 0 Å². The minimum absolute atomic E-state index is 1.02. The summed E-state index contributed by atoms with van der Waals surface area (Å²) < 4.78 is 0. The molecule has 0 aromatic heterocycles. The molecule has 0 aliphatic carbocycles. The van der Waals surface area contributed by atoms with Gasteiger partial charge in [-0.25, -0.2) is 0 Å². The smallest absolute Gasteiger partial charge is 0.0414 e. The third kappa shape index (κ3) is 10.3. The second-order valence-corrected chi connectivity index (χ2v) is 4.85. The average Bonchev–Trinajstić information content (AvgIpc) is 2.27. The highest BCUT2D eigenvalue weighted by Gasteiger charge is 2.07. The molecule has 91 valence electrons. The average molecular weight is 211 g/mol. The number of unbranched alkanes of at least 4 members (excludes halogenated alkanes) is 5. The van der Waals surface area contributed by atoms with E-state index < -0.39 is 0 Å². The van der Waals surface area contributed by atoms with Crippen LogP contribution < -0.4 is 0 Å². The molecule has 0 aliphatic heterocycles. The first-order valence-electron chi connectivity index (χ1n) is 7.14. The van der Waals surface area contributed by atoms with Crippen LogP contribution in [0.15, 0.2) is 0 Å². The first-order chi connectivity index (χ1) is 7.35. The van der Waals surface area contributed by atoms with Crippen LogP contribution in [0.1, 0.15) is 84.5 Å². The van der Waals surface area contributed by atoms with E-state index in [0.29, 0.717) is 0 Å². The Labute approximate surface area is 97.8 Å². The summed E-state index contributed by atoms with van der Waals surface area (Å²) >= 11 is 0. The van der Waals surface area contributed by atoms with Crippen LogP contribution in [0.4, 0.5) is 0 Å². The van der Waals surface area contributed by atoms with Gasteiger partial charge in [-0.2, -0.15) is 0 Å². The minimum Gasteiger partial charge on any atom is -0.0654 e. The molecule has 0 heterocycles. The summed E-state index contributed by atoms with van der Waals surface area (Å²) in [6.07, 6.45) is 15.3. The SMILES string of the molecule is [CH2]CCCCCC(CCCC)CCCC. The van der Waals surface area contributed by atoms with Gasteiger partial charge in [0.2, 0.25) is 0 Å². The molecule has 0 amide bonds. The van der Waals surface area contributed by atoms with Gasteiger partial charge in [-0.1, -0.05) is 91.4 Å². The van der Waals surface area contributed by atoms with Gasteiger partial charge in [0, 0.05) is 0 Å². The van der Waals surface area contributed by atoms with E-state index in [1.807, 2.05) is 0 Å². The van der Waals surface area contributed by atoms with Crippen LogP contribution in [0.2, 0.25) is 0 Å². The zero-order valence-electron chi connectivity index (χ0n) is 11.1. The topological polar surface area (TPSA) is 0 Å². The monoisotopic (exact) mass is 211 g/mol. The Hall–Kier alpha value is 0. The molecule has 0 aromatic rings. The molecule has 0 rings (SSSR count). The molecule has 0 heteroatoms. The fraction of sp³-hybridized carbons (Fsp3) is 0.933. The van der Waals surface area contributed by atoms with Crippen molar-refractivity contribution < 1.29 is 0 Å². The molecule has 0 unspecified atom stereocenters. The van der Waals surface area contributed by atoms with Crippen LogP contribution in [0.25, 0.3) is 0 Å². The van der Waals surface area contributed by atoms with Crippen molar-refractivity contribution in [2.45, 2.75) is 84.5 Å². The second-order valence-electron chi connectivity index (χ2n) is 4.85. The van der Waals surface area contributed by atoms with E-state index in [-0.39, 0.29) is 0 Å². The van der Waals surface area contributed by atoms with E-state index in [1.165, 1.54) is 64.2 Å². The predicted molar refractivity (Wildman–Crippen MR) is 71.0 cm³/mol. The number of rotatable bonds is 11. The Kier molecular flexibility index (Phi) is 12.1. The van der Waals surface area contributed by atoms with Crippen LogP contribution in [-0.4, -0.2) is 0 Å². The first kappa shape index (κ1) is 15.0. The highest BCUT2D eigenvalue weighted by atomic mass is 14.1. The van der Waals surface area contributed by atoms with Crippen molar-refractivity contribution in [3.8, 4) is 0 Å².